The molecule has 2 fully saturated rings. The van der Waals surface area contributed by atoms with E-state index in [1.54, 1.807) is 0 Å². The number of fused-ring (bicyclic) bond motifs is 3. The molecule has 1 N–H and O–H groups in total. The van der Waals surface area contributed by atoms with Gasteiger partial charge in [0.05, 0.1) is 0 Å². The maximum Gasteiger partial charge on any atom is 0.306 e. The summed E-state index contributed by atoms with van der Waals surface area (Å²) < 4.78 is 24.0. The minimum Gasteiger partial charge on any atom is -0.462 e. The molecule has 2 saturated carbocycles. The summed E-state index contributed by atoms with van der Waals surface area (Å²) in [5.41, 5.74) is -0.800. The number of carbonyl (C=O) groups excluding carboxylic acids is 4. The highest BCUT2D eigenvalue weighted by Gasteiger charge is 2.68. The summed E-state index contributed by atoms with van der Waals surface area (Å²) in [6.07, 6.45) is 1.25. The first-order chi connectivity index (χ1) is 20.1. The molecule has 43 heavy (non-hydrogen) atoms. The summed E-state index contributed by atoms with van der Waals surface area (Å²) >= 11 is 0. The Morgan fingerprint density at radius 2 is 1.40 bits per heavy atom. The van der Waals surface area contributed by atoms with Gasteiger partial charge in [-0.15, -0.1) is 0 Å². The van der Waals surface area contributed by atoms with E-state index in [0.717, 1.165) is 0 Å². The van der Waals surface area contributed by atoms with Crippen molar-refractivity contribution in [2.75, 3.05) is 0 Å². The molecular formula is C34H54O9. The zero-order chi connectivity index (χ0) is 32.3. The number of hydrogen-bond donors (Lipinski definition) is 1. The van der Waals surface area contributed by atoms with Gasteiger partial charge in [-0.25, -0.2) is 0 Å². The summed E-state index contributed by atoms with van der Waals surface area (Å²) in [5, 5.41) is 12.3. The molecule has 0 heterocycles. The van der Waals surface area contributed by atoms with E-state index >= 15 is 0 Å². The number of allylic oxidation sites excluding steroid dienone is 1. The van der Waals surface area contributed by atoms with Gasteiger partial charge in [-0.1, -0.05) is 54.5 Å². The third-order valence-corrected chi connectivity index (χ3v) is 10.2. The summed E-state index contributed by atoms with van der Waals surface area (Å²) in [4.78, 5) is 50.9. The van der Waals surface area contributed by atoms with E-state index in [9.17, 15) is 24.3 Å². The number of aliphatic hydroxyl groups is 1. The van der Waals surface area contributed by atoms with E-state index in [-0.39, 0.29) is 54.6 Å². The average Bonchev–Trinajstić information content (AvgIpc) is 3.17. The molecule has 9 nitrogen and oxygen atoms in total. The second kappa shape index (κ2) is 14.1. The molecule has 0 saturated heterocycles. The van der Waals surface area contributed by atoms with Crippen LogP contribution in [-0.2, 0) is 38.1 Å². The molecular weight excluding hydrogens is 552 g/mol. The Hall–Kier alpha value is -2.42. The molecule has 0 radical (unpaired) electrons. The Morgan fingerprint density at radius 3 is 1.91 bits per heavy atom. The summed E-state index contributed by atoms with van der Waals surface area (Å²) in [6.45, 7) is 17.2. The predicted octanol–water partition coefficient (Wildman–Crippen LogP) is 5.70. The van der Waals surface area contributed by atoms with Gasteiger partial charge >= 0.3 is 23.9 Å². The van der Waals surface area contributed by atoms with Crippen LogP contribution in [0.4, 0.5) is 0 Å². The lowest BCUT2D eigenvalue weighted by Crippen LogP contribution is -2.60. The van der Waals surface area contributed by atoms with Crippen LogP contribution in [0.1, 0.15) is 114 Å². The summed E-state index contributed by atoms with van der Waals surface area (Å²) in [5.74, 6) is -1.98. The lowest BCUT2D eigenvalue weighted by molar-refractivity contribution is -0.207. The first-order valence-corrected chi connectivity index (χ1v) is 16.3. The molecule has 0 unspecified atom stereocenters. The van der Waals surface area contributed by atoms with Crippen LogP contribution in [0, 0.1) is 34.5 Å². The van der Waals surface area contributed by atoms with E-state index in [0.29, 0.717) is 44.1 Å². The maximum absolute atomic E-state index is 13.0. The van der Waals surface area contributed by atoms with Crippen molar-refractivity contribution in [2.24, 2.45) is 34.5 Å². The molecule has 3 aliphatic carbocycles. The number of esters is 4. The van der Waals surface area contributed by atoms with Gasteiger partial charge in [-0.05, 0) is 62.4 Å². The maximum atomic E-state index is 13.0. The minimum atomic E-state index is -1.23. The van der Waals surface area contributed by atoms with Crippen LogP contribution in [0.2, 0.25) is 0 Å². The van der Waals surface area contributed by atoms with Crippen molar-refractivity contribution in [1.82, 2.24) is 0 Å². The third kappa shape index (κ3) is 7.12. The molecule has 3 rings (SSSR count). The predicted molar refractivity (Wildman–Crippen MR) is 160 cm³/mol. The number of hydrogen-bond acceptors (Lipinski definition) is 9. The molecule has 0 spiro atoms. The van der Waals surface area contributed by atoms with Gasteiger partial charge in [0.1, 0.15) is 18.3 Å². The molecule has 10 atom stereocenters. The summed E-state index contributed by atoms with van der Waals surface area (Å²) in [6, 6.07) is 0. The van der Waals surface area contributed by atoms with Gasteiger partial charge in [-0.3, -0.25) is 19.2 Å². The van der Waals surface area contributed by atoms with E-state index in [1.807, 2.05) is 34.6 Å². The van der Waals surface area contributed by atoms with Crippen LogP contribution < -0.4 is 0 Å². The fourth-order valence-electron chi connectivity index (χ4n) is 8.22. The lowest BCUT2D eigenvalue weighted by atomic mass is 9.49. The Morgan fingerprint density at radius 1 is 0.860 bits per heavy atom. The van der Waals surface area contributed by atoms with Crippen LogP contribution in [0.3, 0.4) is 0 Å². The van der Waals surface area contributed by atoms with Crippen molar-refractivity contribution < 1.29 is 43.2 Å². The molecule has 0 bridgehead atoms. The fourth-order valence-corrected chi connectivity index (χ4v) is 8.22. The van der Waals surface area contributed by atoms with E-state index in [1.165, 1.54) is 6.92 Å². The van der Waals surface area contributed by atoms with Crippen molar-refractivity contribution in [2.45, 2.75) is 144 Å². The fraction of sp³-hybridized carbons (Fsp3) is 0.824. The van der Waals surface area contributed by atoms with Gasteiger partial charge in [0.15, 0.2) is 12.2 Å². The first kappa shape index (κ1) is 35.1. The molecule has 3 aliphatic rings. The Labute approximate surface area is 257 Å². The highest BCUT2D eigenvalue weighted by Crippen LogP contribution is 2.66. The molecule has 0 aliphatic heterocycles. The lowest BCUT2D eigenvalue weighted by Gasteiger charge is -2.57. The monoisotopic (exact) mass is 606 g/mol. The zero-order valence-electron chi connectivity index (χ0n) is 27.6. The molecule has 0 aromatic heterocycles. The number of ether oxygens (including phenoxy) is 4. The molecule has 9 heteroatoms. The highest BCUT2D eigenvalue weighted by atomic mass is 16.6. The molecule has 244 valence electrons. The van der Waals surface area contributed by atoms with Gasteiger partial charge in [0, 0.05) is 42.9 Å². The van der Waals surface area contributed by atoms with Crippen molar-refractivity contribution in [1.29, 1.82) is 0 Å². The largest absolute Gasteiger partial charge is 0.462 e. The standard InChI is InChI=1S/C34H54O9/c1-10-13-25(36)41-23-17-34(9)24(42-26(37)14-11-2)18-33(8)22(29(34)28(23)19(4)5)16-20(6)30(40-21(7)35)31(32(33)39)43-27(38)15-12-3/h16,19,22-24,28-32,39H,10-15,17-18H2,1-9H3/t22-,23+,24+,28+,29+,30+,31+,32-,33-,34+/m0/s1. The zero-order valence-corrected chi connectivity index (χ0v) is 27.6. The second-order valence-electron chi connectivity index (χ2n) is 13.9. The van der Waals surface area contributed by atoms with Crippen molar-refractivity contribution in [3.05, 3.63) is 11.6 Å². The summed E-state index contributed by atoms with van der Waals surface area (Å²) in [7, 11) is 0. The highest BCUT2D eigenvalue weighted by molar-refractivity contribution is 5.71. The quantitative estimate of drug-likeness (QED) is 0.179. The first-order valence-electron chi connectivity index (χ1n) is 16.3. The number of carbonyl (C=O) groups is 4. The molecule has 0 aromatic carbocycles. The van der Waals surface area contributed by atoms with Crippen LogP contribution in [0.15, 0.2) is 11.6 Å². The number of aliphatic hydroxyl groups excluding tert-OH is 1. The van der Waals surface area contributed by atoms with E-state index < -0.39 is 47.2 Å². The van der Waals surface area contributed by atoms with Crippen molar-refractivity contribution in [3.63, 3.8) is 0 Å². The molecule has 0 aromatic rings. The van der Waals surface area contributed by atoms with Gasteiger partial charge in [0.25, 0.3) is 0 Å². The minimum absolute atomic E-state index is 0.0922. The Bertz CT molecular complexity index is 1070. The normalized spacial score (nSPS) is 37.0. The second-order valence-corrected chi connectivity index (χ2v) is 13.9. The molecule has 0 amide bonds. The third-order valence-electron chi connectivity index (χ3n) is 10.2. The van der Waals surface area contributed by atoms with Crippen LogP contribution >= 0.6 is 0 Å². The van der Waals surface area contributed by atoms with Crippen molar-refractivity contribution >= 4 is 23.9 Å². The van der Waals surface area contributed by atoms with Gasteiger partial charge < -0.3 is 24.1 Å². The van der Waals surface area contributed by atoms with Crippen LogP contribution in [0.25, 0.3) is 0 Å². The Balaban J connectivity index is 2.22. The van der Waals surface area contributed by atoms with Crippen LogP contribution in [0.5, 0.6) is 0 Å². The van der Waals surface area contributed by atoms with E-state index in [2.05, 4.69) is 26.8 Å². The topological polar surface area (TPSA) is 125 Å². The average molecular weight is 607 g/mol. The SMILES string of the molecule is CCCC(=O)O[C@@H]1[C@H](OC(C)=O)C(C)=C[C@H]2[C@@H]3[C@H](C(C)C)[C@H](OC(=O)CCC)C[C@]3(C)[C@H](OC(=O)CCC)C[C@]2(C)[C@H]1O. The number of rotatable bonds is 11. The van der Waals surface area contributed by atoms with Crippen LogP contribution in [-0.4, -0.2) is 59.5 Å². The van der Waals surface area contributed by atoms with E-state index in [4.69, 9.17) is 18.9 Å². The smallest absolute Gasteiger partial charge is 0.306 e. The van der Waals surface area contributed by atoms with Crippen molar-refractivity contribution in [3.8, 4) is 0 Å². The van der Waals surface area contributed by atoms with Gasteiger partial charge in [-0.2, -0.15) is 0 Å². The van der Waals surface area contributed by atoms with Gasteiger partial charge in [0.2, 0.25) is 0 Å². The Kier molecular flexibility index (Phi) is 11.5.